The minimum atomic E-state index is -1.06. The van der Waals surface area contributed by atoms with E-state index in [0.717, 1.165) is 24.4 Å². The van der Waals surface area contributed by atoms with E-state index in [1.807, 2.05) is 20.8 Å². The smallest absolute Gasteiger partial charge is 0.276 e. The van der Waals surface area contributed by atoms with Gasteiger partial charge in [-0.3, -0.25) is 9.59 Å². The standard InChI is InChI=1S/C19H23FN4O2S/c1-4-19(2,3)21-17(25)16(13-7-5-6-8-14(13)20)24(12-9-10-12)18(26)15-11-27-23-22-15/h5-8,11-12,16H,4,9-10H2,1-3H3,(H,21,25)/t16-/m1/s1. The third-order valence-corrected chi connectivity index (χ3v) is 5.33. The number of amides is 2. The Morgan fingerprint density at radius 1 is 1.37 bits per heavy atom. The van der Waals surface area contributed by atoms with Crippen LogP contribution in [-0.4, -0.2) is 37.9 Å². The summed E-state index contributed by atoms with van der Waals surface area (Å²) in [6.07, 6.45) is 2.26. The van der Waals surface area contributed by atoms with Crippen LogP contribution in [0.25, 0.3) is 0 Å². The lowest BCUT2D eigenvalue weighted by atomic mass is 9.98. The first-order chi connectivity index (χ1) is 12.8. The maximum Gasteiger partial charge on any atom is 0.276 e. The Hall–Kier alpha value is -2.35. The number of carbonyl (C=O) groups is 2. The minimum absolute atomic E-state index is 0.112. The van der Waals surface area contributed by atoms with E-state index in [1.165, 1.54) is 11.0 Å². The second kappa shape index (κ2) is 7.72. The second-order valence-electron chi connectivity index (χ2n) is 7.38. The Labute approximate surface area is 161 Å². The molecule has 144 valence electrons. The highest BCUT2D eigenvalue weighted by molar-refractivity contribution is 7.03. The molecule has 0 spiro atoms. The first-order valence-electron chi connectivity index (χ1n) is 9.00. The fraction of sp³-hybridized carbons (Fsp3) is 0.474. The Balaban J connectivity index is 2.03. The van der Waals surface area contributed by atoms with Crippen molar-refractivity contribution in [3.05, 3.63) is 46.7 Å². The maximum atomic E-state index is 14.6. The molecule has 1 aliphatic carbocycles. The van der Waals surface area contributed by atoms with Crippen LogP contribution in [0.2, 0.25) is 0 Å². The highest BCUT2D eigenvalue weighted by Crippen LogP contribution is 2.37. The third kappa shape index (κ3) is 4.32. The van der Waals surface area contributed by atoms with Crippen molar-refractivity contribution in [2.24, 2.45) is 0 Å². The lowest BCUT2D eigenvalue weighted by Gasteiger charge is -2.34. The number of halogens is 1. The van der Waals surface area contributed by atoms with Gasteiger partial charge in [-0.2, -0.15) is 0 Å². The average molecular weight is 390 g/mol. The summed E-state index contributed by atoms with van der Waals surface area (Å²) in [6, 6.07) is 4.93. The van der Waals surface area contributed by atoms with Crippen molar-refractivity contribution in [3.8, 4) is 0 Å². The van der Waals surface area contributed by atoms with Crippen LogP contribution in [0.1, 0.15) is 62.1 Å². The van der Waals surface area contributed by atoms with Crippen LogP contribution in [0.15, 0.2) is 29.6 Å². The fourth-order valence-electron chi connectivity index (χ4n) is 2.84. The molecule has 0 bridgehead atoms. The number of benzene rings is 1. The van der Waals surface area contributed by atoms with Crippen molar-refractivity contribution in [3.63, 3.8) is 0 Å². The molecule has 0 unspecified atom stereocenters. The Morgan fingerprint density at radius 2 is 2.07 bits per heavy atom. The minimum Gasteiger partial charge on any atom is -0.349 e. The van der Waals surface area contributed by atoms with E-state index in [0.29, 0.717) is 6.42 Å². The summed E-state index contributed by atoms with van der Waals surface area (Å²) in [6.45, 7) is 5.76. The number of hydrogen-bond acceptors (Lipinski definition) is 5. The van der Waals surface area contributed by atoms with Crippen LogP contribution in [0.5, 0.6) is 0 Å². The van der Waals surface area contributed by atoms with Gasteiger partial charge in [0.25, 0.3) is 5.91 Å². The van der Waals surface area contributed by atoms with Gasteiger partial charge in [0.2, 0.25) is 5.91 Å². The quantitative estimate of drug-likeness (QED) is 0.787. The molecule has 6 nitrogen and oxygen atoms in total. The lowest BCUT2D eigenvalue weighted by molar-refractivity contribution is -0.128. The van der Waals surface area contributed by atoms with Gasteiger partial charge in [-0.05, 0) is 50.7 Å². The molecule has 27 heavy (non-hydrogen) atoms. The van der Waals surface area contributed by atoms with Gasteiger partial charge in [0.1, 0.15) is 11.9 Å². The summed E-state index contributed by atoms with van der Waals surface area (Å²) >= 11 is 1.07. The predicted molar refractivity (Wildman–Crippen MR) is 101 cm³/mol. The summed E-state index contributed by atoms with van der Waals surface area (Å²) in [5.41, 5.74) is -0.109. The van der Waals surface area contributed by atoms with Crippen molar-refractivity contribution in [1.29, 1.82) is 0 Å². The number of hydrogen-bond donors (Lipinski definition) is 1. The van der Waals surface area contributed by atoms with E-state index < -0.39 is 29.2 Å². The first-order valence-corrected chi connectivity index (χ1v) is 9.84. The van der Waals surface area contributed by atoms with E-state index in [2.05, 4.69) is 14.9 Å². The van der Waals surface area contributed by atoms with E-state index in [9.17, 15) is 14.0 Å². The number of rotatable bonds is 7. The Morgan fingerprint density at radius 3 is 2.63 bits per heavy atom. The van der Waals surface area contributed by atoms with Crippen LogP contribution in [0.4, 0.5) is 4.39 Å². The topological polar surface area (TPSA) is 75.2 Å². The molecular formula is C19H23FN4O2S. The number of aromatic nitrogens is 2. The molecule has 1 atom stereocenters. The molecule has 1 aliphatic rings. The summed E-state index contributed by atoms with van der Waals surface area (Å²) in [5, 5.41) is 8.36. The molecule has 1 aromatic heterocycles. The molecule has 8 heteroatoms. The average Bonchev–Trinajstić information content (AvgIpc) is 3.31. The maximum absolute atomic E-state index is 14.6. The van der Waals surface area contributed by atoms with Crippen LogP contribution < -0.4 is 5.32 Å². The molecule has 1 saturated carbocycles. The molecule has 1 heterocycles. The van der Waals surface area contributed by atoms with E-state index in [-0.39, 0.29) is 17.3 Å². The fourth-order valence-corrected chi connectivity index (χ4v) is 3.27. The van der Waals surface area contributed by atoms with Crippen LogP contribution >= 0.6 is 11.5 Å². The molecule has 2 aromatic rings. The number of nitrogens with zero attached hydrogens (tertiary/aromatic N) is 3. The van der Waals surface area contributed by atoms with Crippen LogP contribution in [0, 0.1) is 5.82 Å². The Bertz CT molecular complexity index is 821. The molecule has 3 rings (SSSR count). The van der Waals surface area contributed by atoms with Gasteiger partial charge >= 0.3 is 0 Å². The normalized spacial score (nSPS) is 15.3. The highest BCUT2D eigenvalue weighted by Gasteiger charge is 2.44. The summed E-state index contributed by atoms with van der Waals surface area (Å²) < 4.78 is 18.4. The van der Waals surface area contributed by atoms with Crippen molar-refractivity contribution < 1.29 is 14.0 Å². The van der Waals surface area contributed by atoms with Gasteiger partial charge < -0.3 is 10.2 Å². The Kier molecular flexibility index (Phi) is 5.55. The first kappa shape index (κ1) is 19.4. The molecule has 1 N–H and O–H groups in total. The van der Waals surface area contributed by atoms with Crippen molar-refractivity contribution >= 4 is 23.3 Å². The summed E-state index contributed by atoms with van der Waals surface area (Å²) in [7, 11) is 0. The van der Waals surface area contributed by atoms with Crippen LogP contribution in [-0.2, 0) is 4.79 Å². The molecule has 0 saturated heterocycles. The van der Waals surface area contributed by atoms with Gasteiger partial charge in [0.05, 0.1) is 0 Å². The van der Waals surface area contributed by atoms with Gasteiger partial charge in [0, 0.05) is 22.5 Å². The van der Waals surface area contributed by atoms with Crippen LogP contribution in [0.3, 0.4) is 0 Å². The second-order valence-corrected chi connectivity index (χ2v) is 7.99. The van der Waals surface area contributed by atoms with Gasteiger partial charge in [-0.15, -0.1) is 5.10 Å². The molecular weight excluding hydrogens is 367 g/mol. The van der Waals surface area contributed by atoms with E-state index in [4.69, 9.17) is 0 Å². The SMILES string of the molecule is CCC(C)(C)NC(=O)[C@@H](c1ccccc1F)N(C(=O)c1csnn1)C1CC1. The monoisotopic (exact) mass is 390 g/mol. The molecule has 1 aromatic carbocycles. The van der Waals surface area contributed by atoms with Crippen molar-refractivity contribution in [2.75, 3.05) is 0 Å². The van der Waals surface area contributed by atoms with Gasteiger partial charge in [-0.1, -0.05) is 29.6 Å². The highest BCUT2D eigenvalue weighted by atomic mass is 32.1. The van der Waals surface area contributed by atoms with Crippen molar-refractivity contribution in [1.82, 2.24) is 19.8 Å². The zero-order chi connectivity index (χ0) is 19.6. The molecule has 2 amide bonds. The summed E-state index contributed by atoms with van der Waals surface area (Å²) in [5.74, 6) is -1.30. The van der Waals surface area contributed by atoms with E-state index >= 15 is 0 Å². The number of carbonyl (C=O) groups excluding carboxylic acids is 2. The predicted octanol–water partition coefficient (Wildman–Crippen LogP) is 3.33. The zero-order valence-corrected chi connectivity index (χ0v) is 16.4. The molecule has 1 fully saturated rings. The summed E-state index contributed by atoms with van der Waals surface area (Å²) in [4.78, 5) is 27.8. The molecule has 0 radical (unpaired) electrons. The number of nitrogens with one attached hydrogen (secondary N) is 1. The van der Waals surface area contributed by atoms with Crippen molar-refractivity contribution in [2.45, 2.75) is 57.7 Å². The van der Waals surface area contributed by atoms with Gasteiger partial charge in [-0.25, -0.2) is 4.39 Å². The van der Waals surface area contributed by atoms with E-state index in [1.54, 1.807) is 23.6 Å². The third-order valence-electron chi connectivity index (χ3n) is 4.83. The lowest BCUT2D eigenvalue weighted by Crippen LogP contribution is -2.51. The van der Waals surface area contributed by atoms with Gasteiger partial charge in [0.15, 0.2) is 5.69 Å². The molecule has 0 aliphatic heterocycles. The largest absolute Gasteiger partial charge is 0.349 e. The zero-order valence-electron chi connectivity index (χ0n) is 15.6.